The highest BCUT2D eigenvalue weighted by Gasteiger charge is 2.39. The van der Waals surface area contributed by atoms with Crippen LogP contribution in [0.2, 0.25) is 0 Å². The maximum Gasteiger partial charge on any atom is 0.252 e. The number of rotatable bonds is 14. The Morgan fingerprint density at radius 1 is 0.824 bits per heavy atom. The van der Waals surface area contributed by atoms with Gasteiger partial charge in [0.1, 0.15) is 11.6 Å². The first-order valence-electron chi connectivity index (χ1n) is 16.1. The molecule has 0 radical (unpaired) electrons. The van der Waals surface area contributed by atoms with Crippen LogP contribution in [0.3, 0.4) is 0 Å². The van der Waals surface area contributed by atoms with Crippen molar-refractivity contribution >= 4 is 17.9 Å². The van der Waals surface area contributed by atoms with Gasteiger partial charge in [0.05, 0.1) is 12.0 Å². The fourth-order valence-electron chi connectivity index (χ4n) is 5.83. The van der Waals surface area contributed by atoms with Gasteiger partial charge in [0, 0.05) is 18.3 Å². The first-order valence-corrected chi connectivity index (χ1v) is 16.1. The van der Waals surface area contributed by atoms with Crippen molar-refractivity contribution in [2.45, 2.75) is 18.0 Å². The highest BCUT2D eigenvalue weighted by Crippen LogP contribution is 2.41. The second-order valence-electron chi connectivity index (χ2n) is 11.6. The van der Waals surface area contributed by atoms with Crippen molar-refractivity contribution in [3.8, 4) is 23.0 Å². The minimum absolute atomic E-state index is 0.0295. The average molecular weight is 683 g/mol. The van der Waals surface area contributed by atoms with Gasteiger partial charge in [-0.25, -0.2) is 4.98 Å². The van der Waals surface area contributed by atoms with Crippen LogP contribution in [0.1, 0.15) is 32.7 Å². The molecule has 5 aromatic rings. The first-order chi connectivity index (χ1) is 24.7. The van der Waals surface area contributed by atoms with Crippen molar-refractivity contribution < 1.29 is 30.0 Å². The number of aromatic nitrogens is 2. The van der Waals surface area contributed by atoms with Crippen LogP contribution in [0.4, 0.5) is 0 Å². The van der Waals surface area contributed by atoms with Gasteiger partial charge in [0.25, 0.3) is 5.91 Å². The van der Waals surface area contributed by atoms with Crippen LogP contribution in [-0.2, 0) is 16.8 Å². The molecular weight excluding hydrogens is 644 g/mol. The molecule has 0 spiro atoms. The SMILES string of the molecule is C=C/C=C(\C=C)C(c1ccccc1)(c1ccccc1)n1cnc(C=CC(NC(=O)c2ccc(O)c(O)c2)C(=O)NCCc2ccc(O)c(O)c2)c1. The van der Waals surface area contributed by atoms with E-state index in [4.69, 9.17) is 0 Å². The fourth-order valence-corrected chi connectivity index (χ4v) is 5.83. The fraction of sp³-hybridized carbons (Fsp3) is 0.0976. The number of benzene rings is 4. The Labute approximate surface area is 295 Å². The third-order valence-electron chi connectivity index (χ3n) is 8.33. The zero-order valence-electron chi connectivity index (χ0n) is 27.7. The summed E-state index contributed by atoms with van der Waals surface area (Å²) in [5.74, 6) is -2.59. The number of carbonyl (C=O) groups excluding carboxylic acids is 2. The lowest BCUT2D eigenvalue weighted by Crippen LogP contribution is -2.46. The van der Waals surface area contributed by atoms with Crippen LogP contribution >= 0.6 is 0 Å². The molecule has 0 aliphatic carbocycles. The molecule has 5 rings (SSSR count). The van der Waals surface area contributed by atoms with Crippen LogP contribution in [-0.4, -0.2) is 54.4 Å². The molecule has 0 saturated carbocycles. The summed E-state index contributed by atoms with van der Waals surface area (Å²) in [7, 11) is 0. The monoisotopic (exact) mass is 682 g/mol. The molecule has 1 unspecified atom stereocenters. The van der Waals surface area contributed by atoms with E-state index >= 15 is 0 Å². The topological polar surface area (TPSA) is 157 Å². The molecule has 51 heavy (non-hydrogen) atoms. The molecule has 6 N–H and O–H groups in total. The maximum atomic E-state index is 13.5. The van der Waals surface area contributed by atoms with Crippen molar-refractivity contribution in [1.82, 2.24) is 20.2 Å². The molecule has 0 saturated heterocycles. The number of nitrogens with one attached hydrogen (secondary N) is 2. The zero-order valence-corrected chi connectivity index (χ0v) is 27.7. The molecule has 1 heterocycles. The largest absolute Gasteiger partial charge is 0.504 e. The van der Waals surface area contributed by atoms with Gasteiger partial charge in [-0.3, -0.25) is 9.59 Å². The summed E-state index contributed by atoms with van der Waals surface area (Å²) in [6.07, 6.45) is 12.4. The Balaban J connectivity index is 1.49. The first kappa shape index (κ1) is 35.5. The van der Waals surface area contributed by atoms with E-state index in [9.17, 15) is 30.0 Å². The molecule has 1 atom stereocenters. The lowest BCUT2D eigenvalue weighted by atomic mass is 9.76. The number of allylic oxidation sites excluding steroid dienone is 4. The minimum atomic E-state index is -1.18. The van der Waals surface area contributed by atoms with Gasteiger partial charge < -0.3 is 35.6 Å². The second kappa shape index (κ2) is 16.1. The number of hydrogen-bond acceptors (Lipinski definition) is 7. The van der Waals surface area contributed by atoms with E-state index < -0.39 is 29.1 Å². The third kappa shape index (κ3) is 7.92. The van der Waals surface area contributed by atoms with Gasteiger partial charge in [-0.2, -0.15) is 0 Å². The van der Waals surface area contributed by atoms with Gasteiger partial charge >= 0.3 is 0 Å². The summed E-state index contributed by atoms with van der Waals surface area (Å²) in [6.45, 7) is 8.22. The molecule has 0 aliphatic rings. The Morgan fingerprint density at radius 2 is 1.45 bits per heavy atom. The Hall–Kier alpha value is -6.81. The summed E-state index contributed by atoms with van der Waals surface area (Å²) in [4.78, 5) is 31.4. The van der Waals surface area contributed by atoms with Crippen LogP contribution in [0.25, 0.3) is 6.08 Å². The van der Waals surface area contributed by atoms with E-state index in [-0.39, 0.29) is 29.4 Å². The average Bonchev–Trinajstić information content (AvgIpc) is 3.62. The number of aromatic hydroxyl groups is 4. The van der Waals surface area contributed by atoms with E-state index in [1.54, 1.807) is 30.6 Å². The van der Waals surface area contributed by atoms with Crippen molar-refractivity contribution in [2.24, 2.45) is 0 Å². The van der Waals surface area contributed by atoms with Gasteiger partial charge in [-0.1, -0.05) is 104 Å². The summed E-state index contributed by atoms with van der Waals surface area (Å²) in [5, 5.41) is 44.6. The number of hydrogen-bond donors (Lipinski definition) is 6. The lowest BCUT2D eigenvalue weighted by Gasteiger charge is -2.38. The predicted molar refractivity (Wildman–Crippen MR) is 196 cm³/mol. The summed E-state index contributed by atoms with van der Waals surface area (Å²) >= 11 is 0. The summed E-state index contributed by atoms with van der Waals surface area (Å²) in [5.41, 5.74) is 3.03. The number of phenols is 4. The number of amides is 2. The van der Waals surface area contributed by atoms with Gasteiger partial charge in [0.15, 0.2) is 23.0 Å². The Kier molecular flexibility index (Phi) is 11.2. The van der Waals surface area contributed by atoms with Crippen LogP contribution in [0.5, 0.6) is 23.0 Å². The number of phenolic OH excluding ortho intramolecular Hbond substituents is 4. The van der Waals surface area contributed by atoms with Crippen molar-refractivity contribution in [3.63, 3.8) is 0 Å². The minimum Gasteiger partial charge on any atom is -0.504 e. The highest BCUT2D eigenvalue weighted by atomic mass is 16.3. The van der Waals surface area contributed by atoms with Crippen molar-refractivity contribution in [1.29, 1.82) is 0 Å². The molecule has 10 nitrogen and oxygen atoms in total. The third-order valence-corrected chi connectivity index (χ3v) is 8.33. The normalized spacial score (nSPS) is 12.3. The van der Waals surface area contributed by atoms with Crippen LogP contribution < -0.4 is 10.6 Å². The molecule has 4 aromatic carbocycles. The van der Waals surface area contributed by atoms with Crippen LogP contribution in [0, 0.1) is 0 Å². The maximum absolute atomic E-state index is 13.5. The molecule has 258 valence electrons. The van der Waals surface area contributed by atoms with Crippen LogP contribution in [0.15, 0.2) is 153 Å². The van der Waals surface area contributed by atoms with E-state index in [0.717, 1.165) is 22.8 Å². The Bertz CT molecular complexity index is 2050. The number of carbonyl (C=O) groups is 2. The molecule has 2 amide bonds. The van der Waals surface area contributed by atoms with Crippen molar-refractivity contribution in [3.05, 3.63) is 181 Å². The van der Waals surface area contributed by atoms with E-state index in [2.05, 4.69) is 28.8 Å². The standard InChI is InChI=1S/C41H38N4O6/c1-3-11-30(4-2)41(31-12-7-5-8-13-31,32-14-9-6-10-15-32)45-26-33(43-27-45)18-19-34(44-39(50)29-17-21-36(47)38(49)25-29)40(51)42-23-22-28-16-20-35(46)37(48)24-28/h3-21,24-27,34,46-49H,1-2,22-23H2,(H,42,51)(H,44,50)/b19-18?,30-11+. The molecular formula is C41H38N4O6. The molecule has 0 fully saturated rings. The number of nitrogens with zero attached hydrogens (tertiary/aromatic N) is 2. The Morgan fingerprint density at radius 3 is 2.04 bits per heavy atom. The lowest BCUT2D eigenvalue weighted by molar-refractivity contribution is -0.121. The summed E-state index contributed by atoms with van der Waals surface area (Å²) < 4.78 is 1.97. The van der Waals surface area contributed by atoms with Gasteiger partial charge in [0.2, 0.25) is 5.91 Å². The molecule has 0 bridgehead atoms. The summed E-state index contributed by atoms with van der Waals surface area (Å²) in [6, 6.07) is 26.7. The van der Waals surface area contributed by atoms with Crippen molar-refractivity contribution in [2.75, 3.05) is 6.54 Å². The van der Waals surface area contributed by atoms with E-state index in [1.165, 1.54) is 30.3 Å². The highest BCUT2D eigenvalue weighted by molar-refractivity contribution is 5.99. The molecule has 0 aliphatic heterocycles. The van der Waals surface area contributed by atoms with E-state index in [1.807, 2.05) is 77.5 Å². The zero-order chi connectivity index (χ0) is 36.4. The van der Waals surface area contributed by atoms with Gasteiger partial charge in [-0.15, -0.1) is 0 Å². The molecule has 10 heteroatoms. The quantitative estimate of drug-likeness (QED) is 0.0623. The smallest absolute Gasteiger partial charge is 0.252 e. The number of imidazole rings is 1. The van der Waals surface area contributed by atoms with Gasteiger partial charge in [-0.05, 0) is 65.1 Å². The second-order valence-corrected chi connectivity index (χ2v) is 11.6. The molecule has 1 aromatic heterocycles. The van der Waals surface area contributed by atoms with E-state index in [0.29, 0.717) is 17.7 Å². The predicted octanol–water partition coefficient (Wildman–Crippen LogP) is 5.97.